The number of aliphatic carboxylic acids is 1. The van der Waals surface area contributed by atoms with Crippen molar-refractivity contribution in [1.29, 1.82) is 0 Å². The fourth-order valence-electron chi connectivity index (χ4n) is 3.03. The monoisotopic (exact) mass is 432 g/mol. The van der Waals surface area contributed by atoms with E-state index in [4.69, 9.17) is 25.8 Å². The van der Waals surface area contributed by atoms with Crippen molar-refractivity contribution < 1.29 is 23.7 Å². The predicted molar refractivity (Wildman–Crippen MR) is 108 cm³/mol. The van der Waals surface area contributed by atoms with Gasteiger partial charge in [-0.25, -0.2) is 19.7 Å². The van der Waals surface area contributed by atoms with Crippen molar-refractivity contribution in [3.63, 3.8) is 0 Å². The van der Waals surface area contributed by atoms with Crippen molar-refractivity contribution in [3.05, 3.63) is 42.5 Å². The van der Waals surface area contributed by atoms with Gasteiger partial charge in [-0.3, -0.25) is 4.57 Å². The minimum atomic E-state index is -3.40. The number of hydrogen-bond donors (Lipinski definition) is 3. The Morgan fingerprint density at radius 1 is 1.33 bits per heavy atom. The van der Waals surface area contributed by atoms with Gasteiger partial charge in [0.05, 0.1) is 31.7 Å². The molecule has 12 heteroatoms. The molecule has 0 saturated carbocycles. The summed E-state index contributed by atoms with van der Waals surface area (Å²) in [5, 5.41) is 7.26. The highest BCUT2D eigenvalue weighted by molar-refractivity contribution is 7.70. The molecule has 1 saturated heterocycles. The molecule has 1 aliphatic heterocycles. The van der Waals surface area contributed by atoms with Crippen LogP contribution in [0.25, 0.3) is 11.2 Å². The summed E-state index contributed by atoms with van der Waals surface area (Å²) in [6, 6.07) is 6.76. The van der Waals surface area contributed by atoms with E-state index in [0.717, 1.165) is 5.56 Å². The van der Waals surface area contributed by atoms with Crippen LogP contribution in [0.5, 0.6) is 5.75 Å². The maximum absolute atomic E-state index is 12.4. The van der Waals surface area contributed by atoms with Crippen LogP contribution >= 0.6 is 7.37 Å². The highest BCUT2D eigenvalue weighted by atomic mass is 31.2. The third-order valence-electron chi connectivity index (χ3n) is 4.92. The summed E-state index contributed by atoms with van der Waals surface area (Å²) in [6.07, 6.45) is 2.74. The molecule has 1 aromatic carbocycles. The number of benzene rings is 1. The van der Waals surface area contributed by atoms with Gasteiger partial charge >= 0.3 is 5.97 Å². The fraction of sp³-hybridized carbons (Fsp3) is 0.333. The van der Waals surface area contributed by atoms with Crippen molar-refractivity contribution in [2.24, 2.45) is 5.73 Å². The molecule has 158 valence electrons. The van der Waals surface area contributed by atoms with Gasteiger partial charge in [0.15, 0.2) is 11.5 Å². The zero-order chi connectivity index (χ0) is 21.5. The summed E-state index contributed by atoms with van der Waals surface area (Å²) in [6.45, 7) is 2.81. The summed E-state index contributed by atoms with van der Waals surface area (Å²) in [5.74, 6) is -0.672. The standard InChI is InChI=1S/C18H21N6O5P/c1-11(6-24-10-23-14-15(19)21-9-22-16(14)24)28-7-12-2-4-13(5-3-12)29-30(27)8-18(30,20)17(25)26/h2-5,9-11H,6-8,20H2,1H3,(H,25,26)(H2,19,21,22)/t11-,18?,30?/m1/s1. The highest BCUT2D eigenvalue weighted by Crippen LogP contribution is 2.72. The summed E-state index contributed by atoms with van der Waals surface area (Å²) in [7, 11) is -3.40. The van der Waals surface area contributed by atoms with Gasteiger partial charge in [0.1, 0.15) is 17.6 Å². The zero-order valence-corrected chi connectivity index (χ0v) is 17.0. The minimum Gasteiger partial charge on any atom is -0.479 e. The van der Waals surface area contributed by atoms with Crippen molar-refractivity contribution in [2.45, 2.75) is 31.5 Å². The SMILES string of the molecule is C[C@H](Cn1cnc2c(N)ncnc21)OCc1ccc(OP2(=O)CC2(N)C(=O)O)cc1. The number of carboxylic acids is 1. The Morgan fingerprint density at radius 3 is 2.73 bits per heavy atom. The summed E-state index contributed by atoms with van der Waals surface area (Å²) in [5.41, 5.74) is 13.5. The predicted octanol–water partition coefficient (Wildman–Crippen LogP) is 1.42. The Hall–Kier alpha value is -3.01. The second-order valence-electron chi connectivity index (χ2n) is 7.25. The number of nitrogens with zero attached hydrogens (tertiary/aromatic N) is 4. The quantitative estimate of drug-likeness (QED) is 0.443. The molecule has 0 bridgehead atoms. The highest BCUT2D eigenvalue weighted by Gasteiger charge is 2.72. The number of carbonyl (C=O) groups is 1. The Labute approximate surface area is 171 Å². The second kappa shape index (κ2) is 7.35. The Kier molecular flexibility index (Phi) is 4.97. The van der Waals surface area contributed by atoms with Crippen LogP contribution in [0.4, 0.5) is 5.82 Å². The van der Waals surface area contributed by atoms with E-state index < -0.39 is 18.6 Å². The molecule has 11 nitrogen and oxygen atoms in total. The first-order chi connectivity index (χ1) is 14.2. The molecule has 5 N–H and O–H groups in total. The van der Waals surface area contributed by atoms with Gasteiger partial charge in [-0.2, -0.15) is 0 Å². The molecule has 0 amide bonds. The van der Waals surface area contributed by atoms with Gasteiger partial charge in [0, 0.05) is 0 Å². The molecule has 3 heterocycles. The van der Waals surface area contributed by atoms with E-state index in [9.17, 15) is 9.36 Å². The van der Waals surface area contributed by atoms with Crippen LogP contribution in [0.15, 0.2) is 36.9 Å². The van der Waals surface area contributed by atoms with E-state index in [1.807, 2.05) is 11.5 Å². The molecule has 0 spiro atoms. The first-order valence-corrected chi connectivity index (χ1v) is 11.0. The van der Waals surface area contributed by atoms with E-state index >= 15 is 0 Å². The molecule has 1 aliphatic rings. The van der Waals surface area contributed by atoms with Gasteiger partial charge in [0.25, 0.3) is 7.37 Å². The van der Waals surface area contributed by atoms with E-state index in [2.05, 4.69) is 15.0 Å². The number of ether oxygens (including phenoxy) is 1. The number of rotatable bonds is 8. The second-order valence-corrected chi connectivity index (χ2v) is 9.89. The van der Waals surface area contributed by atoms with Crippen LogP contribution in [0.3, 0.4) is 0 Å². The molecular weight excluding hydrogens is 411 g/mol. The average Bonchev–Trinajstić information content (AvgIpc) is 3.05. The molecule has 0 aliphatic carbocycles. The Balaban J connectivity index is 1.32. The minimum absolute atomic E-state index is 0.134. The maximum atomic E-state index is 12.4. The number of nitrogens with two attached hydrogens (primary N) is 2. The molecule has 0 radical (unpaired) electrons. The lowest BCUT2D eigenvalue weighted by Crippen LogP contribution is -2.33. The van der Waals surface area contributed by atoms with Gasteiger partial charge in [0.2, 0.25) is 5.28 Å². The maximum Gasteiger partial charge on any atom is 0.335 e. The lowest BCUT2D eigenvalue weighted by Gasteiger charge is -2.14. The van der Waals surface area contributed by atoms with Gasteiger partial charge in [-0.1, -0.05) is 12.1 Å². The van der Waals surface area contributed by atoms with Crippen molar-refractivity contribution >= 4 is 30.3 Å². The zero-order valence-electron chi connectivity index (χ0n) is 16.1. The molecule has 2 unspecified atom stereocenters. The Bertz CT molecular complexity index is 1150. The molecular formula is C18H21N6O5P. The first kappa shape index (κ1) is 20.3. The van der Waals surface area contributed by atoms with Crippen LogP contribution in [0.2, 0.25) is 0 Å². The molecule has 3 atom stereocenters. The first-order valence-electron chi connectivity index (χ1n) is 9.15. The van der Waals surface area contributed by atoms with E-state index in [0.29, 0.717) is 35.9 Å². The van der Waals surface area contributed by atoms with Gasteiger partial charge in [-0.15, -0.1) is 0 Å². The number of carboxylic acid groups (broad SMARTS) is 1. The van der Waals surface area contributed by atoms with Crippen LogP contribution in [0, 0.1) is 0 Å². The van der Waals surface area contributed by atoms with Crippen LogP contribution in [0.1, 0.15) is 12.5 Å². The lowest BCUT2D eigenvalue weighted by atomic mass is 10.2. The summed E-state index contributed by atoms with van der Waals surface area (Å²) in [4.78, 5) is 23.4. The number of fused-ring (bicyclic) bond motifs is 1. The van der Waals surface area contributed by atoms with E-state index in [1.54, 1.807) is 30.6 Å². The normalized spacial score (nSPS) is 23.9. The van der Waals surface area contributed by atoms with Crippen LogP contribution in [-0.2, 0) is 27.2 Å². The number of imidazole rings is 1. The van der Waals surface area contributed by atoms with Crippen molar-refractivity contribution in [3.8, 4) is 5.75 Å². The Morgan fingerprint density at radius 2 is 2.07 bits per heavy atom. The van der Waals surface area contributed by atoms with Crippen molar-refractivity contribution in [1.82, 2.24) is 19.5 Å². The third kappa shape index (κ3) is 3.62. The number of hydrogen-bond acceptors (Lipinski definition) is 9. The molecule has 3 aromatic rings. The van der Waals surface area contributed by atoms with Crippen LogP contribution < -0.4 is 16.0 Å². The fourth-order valence-corrected chi connectivity index (χ4v) is 5.05. The van der Waals surface area contributed by atoms with Crippen LogP contribution in [-0.4, -0.2) is 48.1 Å². The summed E-state index contributed by atoms with van der Waals surface area (Å²) < 4.78 is 25.5. The lowest BCUT2D eigenvalue weighted by molar-refractivity contribution is -0.138. The number of anilines is 1. The summed E-state index contributed by atoms with van der Waals surface area (Å²) >= 11 is 0. The molecule has 2 aromatic heterocycles. The number of nitrogen functional groups attached to an aromatic ring is 1. The third-order valence-corrected chi connectivity index (χ3v) is 7.52. The number of aromatic nitrogens is 4. The van der Waals surface area contributed by atoms with E-state index in [-0.39, 0.29) is 12.3 Å². The van der Waals surface area contributed by atoms with E-state index in [1.165, 1.54) is 6.33 Å². The average molecular weight is 432 g/mol. The largest absolute Gasteiger partial charge is 0.479 e. The van der Waals surface area contributed by atoms with Crippen molar-refractivity contribution in [2.75, 3.05) is 11.9 Å². The van der Waals surface area contributed by atoms with Gasteiger partial charge in [-0.05, 0) is 24.6 Å². The smallest absolute Gasteiger partial charge is 0.335 e. The molecule has 30 heavy (non-hydrogen) atoms. The molecule has 4 rings (SSSR count). The van der Waals surface area contributed by atoms with Gasteiger partial charge < -0.3 is 30.4 Å². The topological polar surface area (TPSA) is 168 Å². The molecule has 1 fully saturated rings.